The minimum Gasteiger partial charge on any atom is -0.360 e. The van der Waals surface area contributed by atoms with Crippen LogP contribution < -0.4 is 5.73 Å². The summed E-state index contributed by atoms with van der Waals surface area (Å²) in [6.07, 6.45) is 2.96. The number of para-hydroxylation sites is 1. The van der Waals surface area contributed by atoms with E-state index in [2.05, 4.69) is 24.9 Å². The zero-order valence-corrected chi connectivity index (χ0v) is 10.4. The molecule has 2 nitrogen and oxygen atoms in total. The van der Waals surface area contributed by atoms with Gasteiger partial charge in [0.2, 0.25) is 0 Å². The number of aromatic amines is 1. The molecule has 3 heteroatoms. The highest BCUT2D eigenvalue weighted by Crippen LogP contribution is 2.30. The Hall–Kier alpha value is -0.990. The minimum atomic E-state index is 0.0761. The van der Waals surface area contributed by atoms with Crippen molar-refractivity contribution in [3.63, 3.8) is 0 Å². The number of nitrogens with two attached hydrogens (primary N) is 1. The molecule has 0 radical (unpaired) electrons. The van der Waals surface area contributed by atoms with E-state index in [9.17, 15) is 0 Å². The molecule has 2 aromatic rings. The third kappa shape index (κ3) is 2.08. The summed E-state index contributed by atoms with van der Waals surface area (Å²) in [4.78, 5) is 3.20. The van der Waals surface area contributed by atoms with E-state index in [1.165, 1.54) is 0 Å². The van der Waals surface area contributed by atoms with Crippen LogP contribution in [0.25, 0.3) is 10.9 Å². The summed E-state index contributed by atoms with van der Waals surface area (Å²) in [5, 5.41) is 1.89. The summed E-state index contributed by atoms with van der Waals surface area (Å²) in [7, 11) is 0. The Balaban J connectivity index is 2.42. The van der Waals surface area contributed by atoms with Gasteiger partial charge in [-0.25, -0.2) is 0 Å². The Kier molecular flexibility index (Phi) is 3.22. The lowest BCUT2D eigenvalue weighted by Crippen LogP contribution is -2.12. The van der Waals surface area contributed by atoms with Gasteiger partial charge in [-0.15, -0.1) is 0 Å². The van der Waals surface area contributed by atoms with Crippen LogP contribution in [0.2, 0.25) is 5.02 Å². The molecule has 3 N–H and O–H groups in total. The summed E-state index contributed by atoms with van der Waals surface area (Å²) in [6, 6.07) is 5.99. The van der Waals surface area contributed by atoms with Crippen molar-refractivity contribution in [3.8, 4) is 0 Å². The molecule has 1 atom stereocenters. The van der Waals surface area contributed by atoms with E-state index in [1.807, 2.05) is 18.3 Å². The number of nitrogens with one attached hydrogen (secondary N) is 1. The zero-order chi connectivity index (χ0) is 11.7. The lowest BCUT2D eigenvalue weighted by atomic mass is 9.97. The van der Waals surface area contributed by atoms with Gasteiger partial charge in [0, 0.05) is 17.6 Å². The third-order valence-electron chi connectivity index (χ3n) is 2.82. The summed E-state index contributed by atoms with van der Waals surface area (Å²) < 4.78 is 0. The van der Waals surface area contributed by atoms with E-state index >= 15 is 0 Å². The first-order chi connectivity index (χ1) is 7.59. The van der Waals surface area contributed by atoms with Crippen LogP contribution in [0.4, 0.5) is 0 Å². The number of hydrogen-bond donors (Lipinski definition) is 2. The fourth-order valence-electron chi connectivity index (χ4n) is 2.08. The SMILES string of the molecule is CC(C)CC(N)c1c[nH]c2c(Cl)cccc12. The van der Waals surface area contributed by atoms with E-state index in [4.69, 9.17) is 17.3 Å². The summed E-state index contributed by atoms with van der Waals surface area (Å²) in [6.45, 7) is 4.36. The van der Waals surface area contributed by atoms with E-state index in [-0.39, 0.29) is 6.04 Å². The maximum atomic E-state index is 6.19. The van der Waals surface area contributed by atoms with Crippen molar-refractivity contribution >= 4 is 22.5 Å². The van der Waals surface area contributed by atoms with E-state index in [0.29, 0.717) is 5.92 Å². The average molecular weight is 237 g/mol. The van der Waals surface area contributed by atoms with Crippen LogP contribution in [0.3, 0.4) is 0 Å². The molecule has 0 aliphatic heterocycles. The summed E-state index contributed by atoms with van der Waals surface area (Å²) in [5.74, 6) is 0.596. The van der Waals surface area contributed by atoms with Crippen molar-refractivity contribution in [2.75, 3.05) is 0 Å². The van der Waals surface area contributed by atoms with Crippen LogP contribution in [-0.4, -0.2) is 4.98 Å². The number of H-pyrrole nitrogens is 1. The van der Waals surface area contributed by atoms with Crippen LogP contribution in [0.15, 0.2) is 24.4 Å². The van der Waals surface area contributed by atoms with Gasteiger partial charge in [-0.3, -0.25) is 0 Å². The second-order valence-corrected chi connectivity index (χ2v) is 5.05. The number of halogens is 1. The second-order valence-electron chi connectivity index (χ2n) is 4.64. The van der Waals surface area contributed by atoms with Crippen LogP contribution in [0.1, 0.15) is 31.9 Å². The van der Waals surface area contributed by atoms with Gasteiger partial charge in [-0.1, -0.05) is 37.6 Å². The van der Waals surface area contributed by atoms with Gasteiger partial charge in [-0.2, -0.15) is 0 Å². The monoisotopic (exact) mass is 236 g/mol. The molecule has 0 saturated carbocycles. The maximum Gasteiger partial charge on any atom is 0.0647 e. The molecule has 16 heavy (non-hydrogen) atoms. The Bertz CT molecular complexity index is 488. The first-order valence-electron chi connectivity index (χ1n) is 5.60. The minimum absolute atomic E-state index is 0.0761. The number of fused-ring (bicyclic) bond motifs is 1. The van der Waals surface area contributed by atoms with Crippen molar-refractivity contribution in [2.24, 2.45) is 11.7 Å². The molecule has 1 unspecified atom stereocenters. The molecule has 86 valence electrons. The number of aromatic nitrogens is 1. The molecule has 0 spiro atoms. The van der Waals surface area contributed by atoms with E-state index < -0.39 is 0 Å². The second kappa shape index (κ2) is 4.48. The normalized spacial score (nSPS) is 13.6. The molecule has 1 aromatic carbocycles. The van der Waals surface area contributed by atoms with Gasteiger partial charge in [0.1, 0.15) is 0 Å². The van der Waals surface area contributed by atoms with E-state index in [0.717, 1.165) is 27.9 Å². The van der Waals surface area contributed by atoms with Crippen molar-refractivity contribution in [1.29, 1.82) is 0 Å². The molecule has 1 heterocycles. The fraction of sp³-hybridized carbons (Fsp3) is 0.385. The molecule has 0 aliphatic carbocycles. The van der Waals surface area contributed by atoms with Gasteiger partial charge in [0.15, 0.2) is 0 Å². The molecule has 2 rings (SSSR count). The largest absolute Gasteiger partial charge is 0.360 e. The summed E-state index contributed by atoms with van der Waals surface area (Å²) >= 11 is 6.11. The first-order valence-corrected chi connectivity index (χ1v) is 5.98. The van der Waals surface area contributed by atoms with Gasteiger partial charge in [0.05, 0.1) is 10.5 Å². The average Bonchev–Trinajstić information content (AvgIpc) is 2.61. The Morgan fingerprint density at radius 3 is 2.81 bits per heavy atom. The van der Waals surface area contributed by atoms with Gasteiger partial charge < -0.3 is 10.7 Å². The molecular formula is C13H17ClN2. The molecule has 0 saturated heterocycles. The quantitative estimate of drug-likeness (QED) is 0.835. The molecule has 0 aliphatic rings. The topological polar surface area (TPSA) is 41.8 Å². The van der Waals surface area contributed by atoms with E-state index in [1.54, 1.807) is 0 Å². The van der Waals surface area contributed by atoms with Crippen molar-refractivity contribution in [2.45, 2.75) is 26.3 Å². The predicted molar refractivity (Wildman–Crippen MR) is 69.7 cm³/mol. The lowest BCUT2D eigenvalue weighted by Gasteiger charge is -2.13. The smallest absolute Gasteiger partial charge is 0.0647 e. The molecule has 0 bridgehead atoms. The number of rotatable bonds is 3. The Morgan fingerprint density at radius 2 is 2.12 bits per heavy atom. The van der Waals surface area contributed by atoms with Crippen molar-refractivity contribution in [1.82, 2.24) is 4.98 Å². The Morgan fingerprint density at radius 1 is 1.38 bits per heavy atom. The Labute approximate surface area is 101 Å². The van der Waals surface area contributed by atoms with Crippen LogP contribution in [0.5, 0.6) is 0 Å². The van der Waals surface area contributed by atoms with Gasteiger partial charge in [0.25, 0.3) is 0 Å². The van der Waals surface area contributed by atoms with Crippen LogP contribution >= 0.6 is 11.6 Å². The van der Waals surface area contributed by atoms with Gasteiger partial charge in [-0.05, 0) is 24.0 Å². The van der Waals surface area contributed by atoms with Gasteiger partial charge >= 0.3 is 0 Å². The molecule has 1 aromatic heterocycles. The molecule has 0 amide bonds. The highest BCUT2D eigenvalue weighted by Gasteiger charge is 2.13. The highest BCUT2D eigenvalue weighted by molar-refractivity contribution is 6.35. The van der Waals surface area contributed by atoms with Crippen molar-refractivity contribution < 1.29 is 0 Å². The lowest BCUT2D eigenvalue weighted by molar-refractivity contribution is 0.512. The number of hydrogen-bond acceptors (Lipinski definition) is 1. The molecular weight excluding hydrogens is 220 g/mol. The standard InChI is InChI=1S/C13H17ClN2/c1-8(2)6-12(15)10-7-16-13-9(10)4-3-5-11(13)14/h3-5,7-8,12,16H,6,15H2,1-2H3. The number of benzene rings is 1. The van der Waals surface area contributed by atoms with Crippen LogP contribution in [0, 0.1) is 5.92 Å². The molecule has 0 fully saturated rings. The predicted octanol–water partition coefficient (Wildman–Crippen LogP) is 3.87. The van der Waals surface area contributed by atoms with Crippen molar-refractivity contribution in [3.05, 3.63) is 35.0 Å². The maximum absolute atomic E-state index is 6.19. The summed E-state index contributed by atoms with van der Waals surface area (Å²) in [5.41, 5.74) is 8.34. The first kappa shape index (κ1) is 11.5. The van der Waals surface area contributed by atoms with Crippen LogP contribution in [-0.2, 0) is 0 Å². The third-order valence-corrected chi connectivity index (χ3v) is 3.14. The fourth-order valence-corrected chi connectivity index (χ4v) is 2.31. The zero-order valence-electron chi connectivity index (χ0n) is 9.63. The highest BCUT2D eigenvalue weighted by atomic mass is 35.5.